The van der Waals surface area contributed by atoms with E-state index in [1.165, 1.54) is 12.8 Å². The van der Waals surface area contributed by atoms with E-state index in [0.29, 0.717) is 0 Å². The Morgan fingerprint density at radius 3 is 2.81 bits per heavy atom. The first-order valence-corrected chi connectivity index (χ1v) is 7.14. The van der Waals surface area contributed by atoms with E-state index in [2.05, 4.69) is 10.1 Å². The fraction of sp³-hybridized carbons (Fsp3) is 0.250. The third-order valence-corrected chi connectivity index (χ3v) is 3.73. The highest BCUT2D eigenvalue weighted by atomic mass is 16.5. The molecule has 1 fully saturated rings. The predicted octanol–water partition coefficient (Wildman–Crippen LogP) is 2.77. The number of ether oxygens (including phenoxy) is 1. The van der Waals surface area contributed by atoms with Gasteiger partial charge in [-0.2, -0.15) is 4.98 Å². The molecule has 0 radical (unpaired) electrons. The summed E-state index contributed by atoms with van der Waals surface area (Å²) in [5.41, 5.74) is 8.46. The molecule has 2 heterocycles. The number of para-hydroxylation sites is 1. The van der Waals surface area contributed by atoms with Crippen LogP contribution in [0.1, 0.15) is 12.8 Å². The minimum atomic E-state index is 0.277. The van der Waals surface area contributed by atoms with Crippen LogP contribution in [0, 0.1) is 5.92 Å². The van der Waals surface area contributed by atoms with Gasteiger partial charge < -0.3 is 10.5 Å². The van der Waals surface area contributed by atoms with Gasteiger partial charge in [-0.15, -0.1) is 5.10 Å². The highest BCUT2D eigenvalue weighted by Gasteiger charge is 2.22. The van der Waals surface area contributed by atoms with E-state index in [-0.39, 0.29) is 5.95 Å². The zero-order valence-electron chi connectivity index (χ0n) is 11.6. The number of nitrogens with two attached hydrogens (primary N) is 1. The maximum atomic E-state index is 5.98. The van der Waals surface area contributed by atoms with E-state index in [9.17, 15) is 0 Å². The number of hydrogen-bond donors (Lipinski definition) is 1. The molecular weight excluding hydrogens is 264 g/mol. The SMILES string of the molecule is Nc1nc2c(-c3ccccc3OCC3CC3)cccn2n1. The summed E-state index contributed by atoms with van der Waals surface area (Å²) >= 11 is 0. The summed E-state index contributed by atoms with van der Waals surface area (Å²) in [5, 5.41) is 4.16. The summed E-state index contributed by atoms with van der Waals surface area (Å²) in [6, 6.07) is 12.0. The van der Waals surface area contributed by atoms with Crippen molar-refractivity contribution in [1.29, 1.82) is 0 Å². The van der Waals surface area contributed by atoms with Gasteiger partial charge in [-0.3, -0.25) is 0 Å². The minimum absolute atomic E-state index is 0.277. The topological polar surface area (TPSA) is 65.4 Å². The lowest BCUT2D eigenvalue weighted by Gasteiger charge is -2.11. The number of nitrogens with zero attached hydrogens (tertiary/aromatic N) is 3. The van der Waals surface area contributed by atoms with Gasteiger partial charge in [-0.25, -0.2) is 4.52 Å². The van der Waals surface area contributed by atoms with Crippen LogP contribution in [-0.2, 0) is 0 Å². The van der Waals surface area contributed by atoms with Crippen molar-refractivity contribution in [1.82, 2.24) is 14.6 Å². The Morgan fingerprint density at radius 2 is 1.95 bits per heavy atom. The van der Waals surface area contributed by atoms with E-state index in [1.54, 1.807) is 4.52 Å². The van der Waals surface area contributed by atoms with Crippen LogP contribution in [0.2, 0.25) is 0 Å². The Bertz CT molecular complexity index is 792. The summed E-state index contributed by atoms with van der Waals surface area (Å²) in [4.78, 5) is 4.31. The molecule has 1 aliphatic rings. The lowest BCUT2D eigenvalue weighted by atomic mass is 10.1. The molecule has 0 bridgehead atoms. The molecule has 0 aliphatic heterocycles. The summed E-state index contributed by atoms with van der Waals surface area (Å²) in [5.74, 6) is 1.88. The van der Waals surface area contributed by atoms with Crippen LogP contribution in [0.5, 0.6) is 5.75 Å². The largest absolute Gasteiger partial charge is 0.493 e. The van der Waals surface area contributed by atoms with Crippen molar-refractivity contribution in [3.05, 3.63) is 42.6 Å². The first-order valence-electron chi connectivity index (χ1n) is 7.14. The maximum absolute atomic E-state index is 5.98. The van der Waals surface area contributed by atoms with Gasteiger partial charge >= 0.3 is 0 Å². The van der Waals surface area contributed by atoms with Gasteiger partial charge in [0.15, 0.2) is 5.65 Å². The number of pyridine rings is 1. The molecule has 1 saturated carbocycles. The van der Waals surface area contributed by atoms with E-state index >= 15 is 0 Å². The Kier molecular flexibility index (Phi) is 2.77. The Balaban J connectivity index is 1.80. The van der Waals surface area contributed by atoms with Crippen LogP contribution >= 0.6 is 0 Å². The number of hydrogen-bond acceptors (Lipinski definition) is 4. The molecule has 1 aliphatic carbocycles. The highest BCUT2D eigenvalue weighted by molar-refractivity contribution is 5.81. The molecule has 0 atom stereocenters. The van der Waals surface area contributed by atoms with Gasteiger partial charge in [0.05, 0.1) is 6.61 Å². The number of fused-ring (bicyclic) bond motifs is 1. The minimum Gasteiger partial charge on any atom is -0.493 e. The van der Waals surface area contributed by atoms with Crippen molar-refractivity contribution in [2.24, 2.45) is 5.92 Å². The van der Waals surface area contributed by atoms with Crippen molar-refractivity contribution >= 4 is 11.6 Å². The monoisotopic (exact) mass is 280 g/mol. The summed E-state index contributed by atoms with van der Waals surface area (Å²) in [6.07, 6.45) is 4.40. The third-order valence-electron chi connectivity index (χ3n) is 3.73. The standard InChI is InChI=1S/C16H16N4O/c17-16-18-15-13(5-3-9-20(15)19-16)12-4-1-2-6-14(12)21-10-11-7-8-11/h1-6,9,11H,7-8,10H2,(H2,17,19). The van der Waals surface area contributed by atoms with Gasteiger partial charge in [0.1, 0.15) is 5.75 Å². The molecule has 5 nitrogen and oxygen atoms in total. The Morgan fingerprint density at radius 1 is 1.14 bits per heavy atom. The van der Waals surface area contributed by atoms with Crippen molar-refractivity contribution in [2.45, 2.75) is 12.8 Å². The summed E-state index contributed by atoms with van der Waals surface area (Å²) < 4.78 is 7.68. The van der Waals surface area contributed by atoms with Gasteiger partial charge in [0.25, 0.3) is 0 Å². The third kappa shape index (κ3) is 2.31. The fourth-order valence-electron chi connectivity index (χ4n) is 2.44. The van der Waals surface area contributed by atoms with Crippen molar-refractivity contribution in [2.75, 3.05) is 12.3 Å². The quantitative estimate of drug-likeness (QED) is 0.798. The van der Waals surface area contributed by atoms with Crippen LogP contribution < -0.4 is 10.5 Å². The molecule has 2 aromatic heterocycles. The second-order valence-electron chi connectivity index (χ2n) is 5.41. The summed E-state index contributed by atoms with van der Waals surface area (Å²) in [7, 11) is 0. The number of nitrogen functional groups attached to an aromatic ring is 1. The number of rotatable bonds is 4. The van der Waals surface area contributed by atoms with Gasteiger partial charge in [-0.05, 0) is 37.0 Å². The molecule has 2 N–H and O–H groups in total. The zero-order valence-corrected chi connectivity index (χ0v) is 11.6. The number of aromatic nitrogens is 3. The predicted molar refractivity (Wildman–Crippen MR) is 81.1 cm³/mol. The van der Waals surface area contributed by atoms with Gasteiger partial charge in [0, 0.05) is 17.3 Å². The van der Waals surface area contributed by atoms with Crippen LogP contribution in [0.15, 0.2) is 42.6 Å². The Labute approximate surface area is 122 Å². The van der Waals surface area contributed by atoms with Crippen LogP contribution in [0.4, 0.5) is 5.95 Å². The molecule has 21 heavy (non-hydrogen) atoms. The first-order chi connectivity index (χ1) is 10.3. The molecule has 3 aromatic rings. The van der Waals surface area contributed by atoms with E-state index < -0.39 is 0 Å². The second kappa shape index (κ2) is 4.77. The molecule has 4 rings (SSSR count). The molecule has 1 aromatic carbocycles. The molecule has 0 saturated heterocycles. The smallest absolute Gasteiger partial charge is 0.240 e. The van der Waals surface area contributed by atoms with Crippen LogP contribution in [0.3, 0.4) is 0 Å². The van der Waals surface area contributed by atoms with E-state index in [0.717, 1.165) is 35.0 Å². The fourth-order valence-corrected chi connectivity index (χ4v) is 2.44. The van der Waals surface area contributed by atoms with Crippen LogP contribution in [0.25, 0.3) is 16.8 Å². The maximum Gasteiger partial charge on any atom is 0.240 e. The molecule has 0 spiro atoms. The van der Waals surface area contributed by atoms with Crippen molar-refractivity contribution < 1.29 is 4.74 Å². The normalized spacial score (nSPS) is 14.5. The van der Waals surface area contributed by atoms with Crippen molar-refractivity contribution in [3.63, 3.8) is 0 Å². The highest BCUT2D eigenvalue weighted by Crippen LogP contribution is 2.35. The Hall–Kier alpha value is -2.56. The number of anilines is 1. The van der Waals surface area contributed by atoms with E-state index in [1.807, 2.05) is 42.6 Å². The van der Waals surface area contributed by atoms with Gasteiger partial charge in [0.2, 0.25) is 5.95 Å². The molecule has 5 heteroatoms. The molecular formula is C16H16N4O. The first kappa shape index (κ1) is 12.2. The van der Waals surface area contributed by atoms with Crippen molar-refractivity contribution in [3.8, 4) is 16.9 Å². The zero-order chi connectivity index (χ0) is 14.2. The van der Waals surface area contributed by atoms with Crippen LogP contribution in [-0.4, -0.2) is 21.2 Å². The molecule has 0 amide bonds. The molecule has 0 unspecified atom stereocenters. The number of benzene rings is 1. The average Bonchev–Trinajstić information content (AvgIpc) is 3.24. The average molecular weight is 280 g/mol. The summed E-state index contributed by atoms with van der Waals surface area (Å²) in [6.45, 7) is 0.787. The molecule has 106 valence electrons. The lowest BCUT2D eigenvalue weighted by molar-refractivity contribution is 0.301. The van der Waals surface area contributed by atoms with E-state index in [4.69, 9.17) is 10.5 Å². The lowest BCUT2D eigenvalue weighted by Crippen LogP contribution is -2.00. The second-order valence-corrected chi connectivity index (χ2v) is 5.41. The van der Waals surface area contributed by atoms with Gasteiger partial charge in [-0.1, -0.05) is 18.2 Å².